The number of nitrogens with zero attached hydrogens (tertiary/aromatic N) is 3. The van der Waals surface area contributed by atoms with Gasteiger partial charge in [0.05, 0.1) is 6.20 Å². The average molecular weight is 267 g/mol. The molecule has 20 heavy (non-hydrogen) atoms. The van der Waals surface area contributed by atoms with E-state index in [2.05, 4.69) is 67.9 Å². The molecule has 2 aromatic heterocycles. The quantitative estimate of drug-likeness (QED) is 0.656. The Morgan fingerprint density at radius 1 is 1.00 bits per heavy atom. The van der Waals surface area contributed by atoms with E-state index in [1.54, 1.807) is 0 Å². The Morgan fingerprint density at radius 2 is 1.75 bits per heavy atom. The molecule has 3 aromatic rings. The molecule has 0 spiro atoms. The molecular weight excluding hydrogens is 246 g/mol. The summed E-state index contributed by atoms with van der Waals surface area (Å²) in [7, 11) is 4.10. The topological polar surface area (TPSA) is 22.8 Å². The van der Waals surface area contributed by atoms with Gasteiger partial charge in [-0.1, -0.05) is 32.9 Å². The predicted molar refractivity (Wildman–Crippen MR) is 83.8 cm³/mol. The van der Waals surface area contributed by atoms with Crippen LogP contribution in [0.4, 0.5) is 0 Å². The molecule has 104 valence electrons. The van der Waals surface area contributed by atoms with Gasteiger partial charge in [0.25, 0.3) is 0 Å². The lowest BCUT2D eigenvalue weighted by atomic mass is 9.92. The molecule has 0 aliphatic rings. The Hall–Kier alpha value is -2.03. The summed E-state index contributed by atoms with van der Waals surface area (Å²) >= 11 is 0. The lowest BCUT2D eigenvalue weighted by Gasteiger charge is -2.19. The van der Waals surface area contributed by atoms with Crippen molar-refractivity contribution in [2.75, 3.05) is 0 Å². The van der Waals surface area contributed by atoms with E-state index in [1.807, 2.05) is 17.9 Å². The van der Waals surface area contributed by atoms with Crippen LogP contribution >= 0.6 is 0 Å². The first-order valence-corrected chi connectivity index (χ1v) is 6.95. The van der Waals surface area contributed by atoms with Crippen LogP contribution in [0.3, 0.4) is 0 Å². The maximum atomic E-state index is 4.25. The van der Waals surface area contributed by atoms with Crippen LogP contribution in [-0.4, -0.2) is 14.3 Å². The van der Waals surface area contributed by atoms with Gasteiger partial charge in [-0.2, -0.15) is 5.10 Å². The van der Waals surface area contributed by atoms with Crippen LogP contribution in [0.15, 0.2) is 36.7 Å². The second-order valence-corrected chi connectivity index (χ2v) is 6.51. The molecule has 0 fully saturated rings. The van der Waals surface area contributed by atoms with Crippen LogP contribution in [0.25, 0.3) is 22.0 Å². The first-order chi connectivity index (χ1) is 9.36. The van der Waals surface area contributed by atoms with Gasteiger partial charge in [0.2, 0.25) is 0 Å². The molecule has 3 heteroatoms. The second kappa shape index (κ2) is 4.23. The summed E-state index contributed by atoms with van der Waals surface area (Å²) in [6.45, 7) is 6.76. The van der Waals surface area contributed by atoms with Gasteiger partial charge in [0, 0.05) is 42.5 Å². The first kappa shape index (κ1) is 13.0. The van der Waals surface area contributed by atoms with E-state index in [-0.39, 0.29) is 5.41 Å². The van der Waals surface area contributed by atoms with E-state index in [0.717, 1.165) is 5.56 Å². The summed E-state index contributed by atoms with van der Waals surface area (Å²) in [6.07, 6.45) is 3.96. The van der Waals surface area contributed by atoms with E-state index in [4.69, 9.17) is 0 Å². The minimum Gasteiger partial charge on any atom is -0.347 e. The Kier molecular flexibility index (Phi) is 2.75. The van der Waals surface area contributed by atoms with E-state index in [9.17, 15) is 0 Å². The average Bonchev–Trinajstić information content (AvgIpc) is 2.93. The highest BCUT2D eigenvalue weighted by atomic mass is 15.2. The third kappa shape index (κ3) is 2.03. The highest BCUT2D eigenvalue weighted by molar-refractivity contribution is 5.86. The predicted octanol–water partition coefficient (Wildman–Crippen LogP) is 3.88. The molecule has 3 nitrogen and oxygen atoms in total. The molecule has 3 rings (SSSR count). The van der Waals surface area contributed by atoms with Crippen LogP contribution in [0.5, 0.6) is 0 Å². The molecule has 0 atom stereocenters. The van der Waals surface area contributed by atoms with Crippen molar-refractivity contribution in [2.24, 2.45) is 14.1 Å². The van der Waals surface area contributed by atoms with E-state index >= 15 is 0 Å². The number of fused-ring (bicyclic) bond motifs is 1. The summed E-state index contributed by atoms with van der Waals surface area (Å²) in [4.78, 5) is 0. The minimum atomic E-state index is 0.155. The number of hydrogen-bond donors (Lipinski definition) is 0. The molecule has 0 radical (unpaired) electrons. The van der Waals surface area contributed by atoms with Crippen molar-refractivity contribution in [1.29, 1.82) is 0 Å². The zero-order chi connectivity index (χ0) is 14.5. The van der Waals surface area contributed by atoms with Crippen molar-refractivity contribution in [3.8, 4) is 11.1 Å². The van der Waals surface area contributed by atoms with Gasteiger partial charge in [0.1, 0.15) is 0 Å². The standard InChI is InChI=1S/C17H21N3/c1-17(2,3)16-9-13-7-6-12(8-15(13)20(16)5)14-10-18-19(4)11-14/h6-11H,1-5H3. The highest BCUT2D eigenvalue weighted by Gasteiger charge is 2.19. The third-order valence-electron chi connectivity index (χ3n) is 3.85. The monoisotopic (exact) mass is 267 g/mol. The van der Waals surface area contributed by atoms with E-state index < -0.39 is 0 Å². The van der Waals surface area contributed by atoms with Crippen molar-refractivity contribution >= 4 is 10.9 Å². The fourth-order valence-electron chi connectivity index (χ4n) is 2.80. The molecule has 0 amide bonds. The van der Waals surface area contributed by atoms with E-state index in [0.29, 0.717) is 0 Å². The summed E-state index contributed by atoms with van der Waals surface area (Å²) in [5, 5.41) is 5.55. The fourth-order valence-corrected chi connectivity index (χ4v) is 2.80. The second-order valence-electron chi connectivity index (χ2n) is 6.51. The van der Waals surface area contributed by atoms with Crippen LogP contribution in [0.1, 0.15) is 26.5 Å². The molecule has 0 saturated carbocycles. The summed E-state index contributed by atoms with van der Waals surface area (Å²) in [5.41, 5.74) is 5.16. The fraction of sp³-hybridized carbons (Fsp3) is 0.353. The molecule has 0 unspecified atom stereocenters. The summed E-state index contributed by atoms with van der Waals surface area (Å²) in [5.74, 6) is 0. The van der Waals surface area contributed by atoms with Crippen molar-refractivity contribution < 1.29 is 0 Å². The van der Waals surface area contributed by atoms with Crippen LogP contribution in [0, 0.1) is 0 Å². The normalized spacial score (nSPS) is 12.2. The van der Waals surface area contributed by atoms with Gasteiger partial charge in [-0.3, -0.25) is 4.68 Å². The molecule has 2 heterocycles. The van der Waals surface area contributed by atoms with Gasteiger partial charge < -0.3 is 4.57 Å². The smallest absolute Gasteiger partial charge is 0.0568 e. The first-order valence-electron chi connectivity index (χ1n) is 6.95. The van der Waals surface area contributed by atoms with Crippen molar-refractivity contribution in [3.63, 3.8) is 0 Å². The van der Waals surface area contributed by atoms with E-state index in [1.165, 1.54) is 22.2 Å². The highest BCUT2D eigenvalue weighted by Crippen LogP contribution is 2.31. The van der Waals surface area contributed by atoms with Gasteiger partial charge in [0.15, 0.2) is 0 Å². The molecule has 0 aliphatic heterocycles. The minimum absolute atomic E-state index is 0.155. The zero-order valence-corrected chi connectivity index (χ0v) is 12.8. The Labute approximate surface area is 119 Å². The number of rotatable bonds is 1. The zero-order valence-electron chi connectivity index (χ0n) is 12.8. The van der Waals surface area contributed by atoms with Gasteiger partial charge in [-0.15, -0.1) is 0 Å². The Balaban J connectivity index is 2.19. The molecule has 0 aliphatic carbocycles. The van der Waals surface area contributed by atoms with Crippen molar-refractivity contribution in [2.45, 2.75) is 26.2 Å². The number of aromatic nitrogens is 3. The molecule has 0 saturated heterocycles. The number of hydrogen-bond acceptors (Lipinski definition) is 1. The largest absolute Gasteiger partial charge is 0.347 e. The third-order valence-corrected chi connectivity index (χ3v) is 3.85. The summed E-state index contributed by atoms with van der Waals surface area (Å²) < 4.78 is 4.14. The van der Waals surface area contributed by atoms with Gasteiger partial charge in [-0.25, -0.2) is 0 Å². The summed E-state index contributed by atoms with van der Waals surface area (Å²) in [6, 6.07) is 8.92. The lowest BCUT2D eigenvalue weighted by Crippen LogP contribution is -2.15. The van der Waals surface area contributed by atoms with Crippen LogP contribution in [0.2, 0.25) is 0 Å². The molecular formula is C17H21N3. The van der Waals surface area contributed by atoms with Gasteiger partial charge in [-0.05, 0) is 23.1 Å². The molecule has 0 bridgehead atoms. The maximum absolute atomic E-state index is 4.25. The van der Waals surface area contributed by atoms with Crippen LogP contribution < -0.4 is 0 Å². The Morgan fingerprint density at radius 3 is 2.35 bits per heavy atom. The van der Waals surface area contributed by atoms with Gasteiger partial charge >= 0.3 is 0 Å². The SMILES string of the molecule is Cn1cc(-c2ccc3cc(C(C)(C)C)n(C)c3c2)cn1. The van der Waals surface area contributed by atoms with Crippen molar-refractivity contribution in [3.05, 3.63) is 42.4 Å². The van der Waals surface area contributed by atoms with Crippen LogP contribution in [-0.2, 0) is 19.5 Å². The Bertz CT molecular complexity index is 769. The van der Waals surface area contributed by atoms with Crippen molar-refractivity contribution in [1.82, 2.24) is 14.3 Å². The number of benzene rings is 1. The lowest BCUT2D eigenvalue weighted by molar-refractivity contribution is 0.547. The maximum Gasteiger partial charge on any atom is 0.0568 e. The molecule has 0 N–H and O–H groups in total. The molecule has 1 aromatic carbocycles. The number of aryl methyl sites for hydroxylation is 2.